The van der Waals surface area contributed by atoms with Crippen molar-refractivity contribution in [1.82, 2.24) is 4.90 Å². The van der Waals surface area contributed by atoms with Crippen LogP contribution in [0.5, 0.6) is 0 Å². The second-order valence-electron chi connectivity index (χ2n) is 4.83. The average molecular weight is 300 g/mol. The van der Waals surface area contributed by atoms with Crippen LogP contribution in [-0.4, -0.2) is 30.0 Å². The Kier molecular flexibility index (Phi) is 6.46. The fourth-order valence-electron chi connectivity index (χ4n) is 2.44. The molecule has 0 atom stereocenters. The summed E-state index contributed by atoms with van der Waals surface area (Å²) in [5, 5.41) is 7.57. The van der Waals surface area contributed by atoms with Crippen molar-refractivity contribution in [2.24, 2.45) is 5.73 Å². The lowest BCUT2D eigenvalue weighted by molar-refractivity contribution is 0.230. The van der Waals surface area contributed by atoms with E-state index in [1.807, 2.05) is 25.1 Å². The Labute approximate surface area is 132 Å². The average Bonchev–Trinajstić information content (AvgIpc) is 2.52. The van der Waals surface area contributed by atoms with E-state index in [2.05, 4.69) is 19.8 Å². The predicted octanol–water partition coefficient (Wildman–Crippen LogP) is 2.59. The van der Waals surface area contributed by atoms with Crippen molar-refractivity contribution in [1.29, 1.82) is 5.41 Å². The van der Waals surface area contributed by atoms with Gasteiger partial charge in [-0.3, -0.25) is 15.2 Å². The third-order valence-corrected chi connectivity index (χ3v) is 3.55. The molecular weight excluding hydrogens is 276 g/mol. The normalized spacial score (nSPS) is 9.91. The number of rotatable bonds is 5. The van der Waals surface area contributed by atoms with Gasteiger partial charge in [-0.25, -0.2) is 4.79 Å². The molecule has 0 heterocycles. The lowest BCUT2D eigenvalue weighted by Gasteiger charge is -2.30. The van der Waals surface area contributed by atoms with Crippen LogP contribution in [0.4, 0.5) is 10.5 Å². The third-order valence-electron chi connectivity index (χ3n) is 3.55. The zero-order valence-electron chi connectivity index (χ0n) is 13.5. The summed E-state index contributed by atoms with van der Waals surface area (Å²) in [6.07, 6.45) is 6.93. The van der Waals surface area contributed by atoms with Crippen LogP contribution in [0.25, 0.3) is 0 Å². The third kappa shape index (κ3) is 3.59. The quantitative estimate of drug-likeness (QED) is 0.498. The number of hydrogen-bond acceptors (Lipinski definition) is 2. The summed E-state index contributed by atoms with van der Waals surface area (Å²) >= 11 is 0. The van der Waals surface area contributed by atoms with Crippen LogP contribution in [0.15, 0.2) is 18.2 Å². The van der Waals surface area contributed by atoms with Gasteiger partial charge in [0.2, 0.25) is 0 Å². The molecule has 0 aliphatic rings. The monoisotopic (exact) mass is 300 g/mol. The van der Waals surface area contributed by atoms with Crippen molar-refractivity contribution in [2.45, 2.75) is 33.6 Å². The fraction of sp³-hybridized carbons (Fsp3) is 0.412. The van der Waals surface area contributed by atoms with Gasteiger partial charge in [0.15, 0.2) is 5.96 Å². The highest BCUT2D eigenvalue weighted by molar-refractivity contribution is 6.03. The Morgan fingerprint density at radius 3 is 2.18 bits per heavy atom. The van der Waals surface area contributed by atoms with Crippen LogP contribution in [0.2, 0.25) is 0 Å². The lowest BCUT2D eigenvalue weighted by Crippen LogP contribution is -2.49. The van der Waals surface area contributed by atoms with Crippen molar-refractivity contribution < 1.29 is 4.79 Å². The largest absolute Gasteiger partial charge is 0.370 e. The van der Waals surface area contributed by atoms with Gasteiger partial charge < -0.3 is 5.73 Å². The molecule has 5 heteroatoms. The molecule has 0 unspecified atom stereocenters. The SMILES string of the molecule is C#CCN(C(=N)N)C(=O)N(CC)c1c(CC)cccc1CC. The predicted molar refractivity (Wildman–Crippen MR) is 91.1 cm³/mol. The summed E-state index contributed by atoms with van der Waals surface area (Å²) in [5.74, 6) is 2.04. The zero-order valence-corrected chi connectivity index (χ0v) is 13.5. The molecule has 118 valence electrons. The smallest absolute Gasteiger partial charge is 0.332 e. The van der Waals surface area contributed by atoms with E-state index in [4.69, 9.17) is 17.6 Å². The first-order chi connectivity index (χ1) is 10.5. The number of carbonyl (C=O) groups excluding carboxylic acids is 1. The number of benzene rings is 1. The molecule has 0 aliphatic carbocycles. The minimum Gasteiger partial charge on any atom is -0.370 e. The van der Waals surface area contributed by atoms with E-state index >= 15 is 0 Å². The molecule has 0 spiro atoms. The number of guanidine groups is 1. The molecule has 22 heavy (non-hydrogen) atoms. The molecule has 2 amide bonds. The molecule has 0 aliphatic heterocycles. The number of nitrogens with one attached hydrogen (secondary N) is 1. The van der Waals surface area contributed by atoms with Crippen LogP contribution >= 0.6 is 0 Å². The number of aryl methyl sites for hydroxylation is 2. The van der Waals surface area contributed by atoms with Crippen LogP contribution in [-0.2, 0) is 12.8 Å². The summed E-state index contributed by atoms with van der Waals surface area (Å²) in [5.41, 5.74) is 8.60. The van der Waals surface area contributed by atoms with Gasteiger partial charge in [-0.15, -0.1) is 6.42 Å². The van der Waals surface area contributed by atoms with Crippen molar-refractivity contribution in [2.75, 3.05) is 18.0 Å². The number of hydrogen-bond donors (Lipinski definition) is 2. The van der Waals surface area contributed by atoms with Gasteiger partial charge >= 0.3 is 6.03 Å². The molecule has 0 radical (unpaired) electrons. The minimum atomic E-state index is -0.358. The molecule has 3 N–H and O–H groups in total. The van der Waals surface area contributed by atoms with Crippen molar-refractivity contribution in [3.05, 3.63) is 29.3 Å². The number of nitrogens with zero attached hydrogens (tertiary/aromatic N) is 2. The first-order valence-electron chi connectivity index (χ1n) is 7.48. The molecule has 0 fully saturated rings. The van der Waals surface area contributed by atoms with E-state index in [9.17, 15) is 4.79 Å². The van der Waals surface area contributed by atoms with E-state index in [1.165, 1.54) is 0 Å². The Balaban J connectivity index is 3.35. The first-order valence-corrected chi connectivity index (χ1v) is 7.48. The van der Waals surface area contributed by atoms with Gasteiger partial charge in [-0.2, -0.15) is 0 Å². The van der Waals surface area contributed by atoms with Crippen molar-refractivity contribution in [3.63, 3.8) is 0 Å². The van der Waals surface area contributed by atoms with Crippen molar-refractivity contribution >= 4 is 17.7 Å². The highest BCUT2D eigenvalue weighted by atomic mass is 16.2. The standard InChI is InChI=1S/C17H24N4O/c1-5-12-21(16(18)19)17(22)20(8-4)15-13(6-2)10-9-11-14(15)7-3/h1,9-11H,6-8,12H2,2-4H3,(H3,18,19). The second kappa shape index (κ2) is 8.08. The highest BCUT2D eigenvalue weighted by Crippen LogP contribution is 2.27. The van der Waals surface area contributed by atoms with Gasteiger partial charge in [0.05, 0.1) is 12.2 Å². The molecule has 1 rings (SSSR count). The molecule has 0 aromatic heterocycles. The number of terminal acetylenes is 1. The fourth-order valence-corrected chi connectivity index (χ4v) is 2.44. The number of carbonyl (C=O) groups is 1. The molecule has 0 saturated heterocycles. The van der Waals surface area contributed by atoms with Gasteiger partial charge in [0.1, 0.15) is 0 Å². The van der Waals surface area contributed by atoms with Gasteiger partial charge in [-0.05, 0) is 30.9 Å². The van der Waals surface area contributed by atoms with Gasteiger partial charge in [-0.1, -0.05) is 38.0 Å². The molecule has 1 aromatic carbocycles. The molecule has 0 saturated carbocycles. The second-order valence-corrected chi connectivity index (χ2v) is 4.83. The maximum Gasteiger partial charge on any atom is 0.332 e. The van der Waals surface area contributed by atoms with Crippen LogP contribution < -0.4 is 10.6 Å². The summed E-state index contributed by atoms with van der Waals surface area (Å²) in [7, 11) is 0. The number of amides is 2. The van der Waals surface area contributed by atoms with E-state index in [0.717, 1.165) is 34.6 Å². The number of nitrogens with two attached hydrogens (primary N) is 1. The number of anilines is 1. The highest BCUT2D eigenvalue weighted by Gasteiger charge is 2.25. The molecule has 5 nitrogen and oxygen atoms in total. The van der Waals surface area contributed by atoms with Crippen molar-refractivity contribution in [3.8, 4) is 12.3 Å². The van der Waals surface area contributed by atoms with Crippen LogP contribution in [0.3, 0.4) is 0 Å². The number of para-hydroxylation sites is 1. The maximum absolute atomic E-state index is 12.8. The Morgan fingerprint density at radius 1 is 1.27 bits per heavy atom. The summed E-state index contributed by atoms with van der Waals surface area (Å²) < 4.78 is 0. The molecule has 0 bridgehead atoms. The van der Waals surface area contributed by atoms with E-state index in [0.29, 0.717) is 6.54 Å². The van der Waals surface area contributed by atoms with Gasteiger partial charge in [0.25, 0.3) is 0 Å². The van der Waals surface area contributed by atoms with Crippen LogP contribution in [0, 0.1) is 17.8 Å². The summed E-state index contributed by atoms with van der Waals surface area (Å²) in [6, 6.07) is 5.68. The first kappa shape index (κ1) is 17.6. The summed E-state index contributed by atoms with van der Waals surface area (Å²) in [4.78, 5) is 15.5. The minimum absolute atomic E-state index is 0.0135. The summed E-state index contributed by atoms with van der Waals surface area (Å²) in [6.45, 7) is 6.48. The Morgan fingerprint density at radius 2 is 1.82 bits per heavy atom. The van der Waals surface area contributed by atoms with Crippen LogP contribution in [0.1, 0.15) is 31.9 Å². The number of urea groups is 1. The van der Waals surface area contributed by atoms with E-state index in [-0.39, 0.29) is 18.5 Å². The van der Waals surface area contributed by atoms with E-state index < -0.39 is 0 Å². The zero-order chi connectivity index (χ0) is 16.7. The van der Waals surface area contributed by atoms with E-state index in [1.54, 1.807) is 4.90 Å². The molecular formula is C17H24N4O. The topological polar surface area (TPSA) is 73.4 Å². The Bertz CT molecular complexity index is 567. The maximum atomic E-state index is 12.8. The lowest BCUT2D eigenvalue weighted by atomic mass is 10.0. The molecule has 1 aromatic rings. The van der Waals surface area contributed by atoms with Gasteiger partial charge in [0, 0.05) is 6.54 Å². The Hall–Kier alpha value is -2.48.